The molecule has 0 aliphatic heterocycles. The molecule has 0 spiro atoms. The van der Waals surface area contributed by atoms with Gasteiger partial charge in [-0.05, 0) is 37.1 Å². The molecule has 1 heterocycles. The maximum Gasteiger partial charge on any atom is 0.285 e. The van der Waals surface area contributed by atoms with Gasteiger partial charge in [0.2, 0.25) is 0 Å². The van der Waals surface area contributed by atoms with E-state index < -0.39 is 15.9 Å². The van der Waals surface area contributed by atoms with Crippen molar-refractivity contribution in [2.75, 3.05) is 7.11 Å². The average molecular weight is 466 g/mol. The largest absolute Gasteiger partial charge is 0.497 e. The highest BCUT2D eigenvalue weighted by molar-refractivity contribution is 7.90. The first-order valence-corrected chi connectivity index (χ1v) is 11.3. The van der Waals surface area contributed by atoms with Gasteiger partial charge in [-0.15, -0.1) is 0 Å². The summed E-state index contributed by atoms with van der Waals surface area (Å²) < 4.78 is 34.5. The maximum atomic E-state index is 12.9. The number of methoxy groups -OCH3 is 1. The van der Waals surface area contributed by atoms with Gasteiger partial charge in [-0.1, -0.05) is 35.3 Å². The summed E-state index contributed by atoms with van der Waals surface area (Å²) >= 11 is 12.3. The molecule has 10 heteroatoms. The van der Waals surface area contributed by atoms with Crippen LogP contribution in [0.5, 0.6) is 5.75 Å². The van der Waals surface area contributed by atoms with Crippen molar-refractivity contribution in [2.24, 2.45) is 0 Å². The second-order valence-electron chi connectivity index (χ2n) is 6.81. The molecule has 0 saturated heterocycles. The van der Waals surface area contributed by atoms with Crippen LogP contribution in [-0.4, -0.2) is 31.0 Å². The number of nitrogens with one attached hydrogen (secondary N) is 1. The lowest BCUT2D eigenvalue weighted by Crippen LogP contribution is -2.31. The first-order valence-electron chi connectivity index (χ1n) is 9.04. The Kier molecular flexibility index (Phi) is 5.48. The number of hydrogen-bond donors (Lipinski definition) is 1. The molecule has 1 aliphatic rings. The van der Waals surface area contributed by atoms with Gasteiger partial charge in [0.1, 0.15) is 17.0 Å². The van der Waals surface area contributed by atoms with Crippen LogP contribution in [0.4, 0.5) is 0 Å². The lowest BCUT2D eigenvalue weighted by molar-refractivity contribution is 0.0976. The Balaban J connectivity index is 1.70. The lowest BCUT2D eigenvalue weighted by atomic mass is 10.2. The van der Waals surface area contributed by atoms with Crippen molar-refractivity contribution in [1.29, 1.82) is 0 Å². The summed E-state index contributed by atoms with van der Waals surface area (Å²) in [6, 6.07) is 11.3. The van der Waals surface area contributed by atoms with E-state index >= 15 is 0 Å². The average Bonchev–Trinajstić information content (AvgIpc) is 3.46. The van der Waals surface area contributed by atoms with E-state index in [1.807, 2.05) is 12.1 Å². The third-order valence-corrected chi connectivity index (χ3v) is 6.88. The molecule has 30 heavy (non-hydrogen) atoms. The Morgan fingerprint density at radius 3 is 2.57 bits per heavy atom. The van der Waals surface area contributed by atoms with Crippen LogP contribution < -0.4 is 9.46 Å². The van der Waals surface area contributed by atoms with Crippen LogP contribution in [0.25, 0.3) is 5.69 Å². The van der Waals surface area contributed by atoms with E-state index in [2.05, 4.69) is 9.71 Å². The summed E-state index contributed by atoms with van der Waals surface area (Å²) in [7, 11) is -2.84. The fraction of sp³-hybridized carbons (Fsp3) is 0.200. The number of imidazole rings is 1. The third kappa shape index (κ3) is 3.90. The Labute approximate surface area is 183 Å². The zero-order chi connectivity index (χ0) is 21.5. The Morgan fingerprint density at radius 2 is 1.90 bits per heavy atom. The predicted octanol–water partition coefficient (Wildman–Crippen LogP) is 4.18. The van der Waals surface area contributed by atoms with E-state index in [1.165, 1.54) is 31.6 Å². The van der Waals surface area contributed by atoms with Crippen molar-refractivity contribution in [3.8, 4) is 11.4 Å². The number of para-hydroxylation sites is 1. The molecule has 7 nitrogen and oxygen atoms in total. The van der Waals surface area contributed by atoms with Crippen molar-refractivity contribution in [1.82, 2.24) is 14.3 Å². The normalized spacial score (nSPS) is 13.8. The molecule has 1 saturated carbocycles. The summed E-state index contributed by atoms with van der Waals surface area (Å²) in [4.78, 5) is 16.9. The number of benzene rings is 2. The van der Waals surface area contributed by atoms with Crippen molar-refractivity contribution in [3.63, 3.8) is 0 Å². The number of rotatable bonds is 6. The molecule has 1 amide bonds. The highest BCUT2D eigenvalue weighted by atomic mass is 35.5. The molecule has 1 N–H and O–H groups in total. The molecule has 156 valence electrons. The lowest BCUT2D eigenvalue weighted by Gasteiger charge is -2.12. The van der Waals surface area contributed by atoms with Crippen LogP contribution in [0.2, 0.25) is 10.0 Å². The Bertz CT molecular complexity index is 1240. The topological polar surface area (TPSA) is 90.3 Å². The molecule has 3 aromatic rings. The number of halogens is 2. The minimum Gasteiger partial charge on any atom is -0.497 e. The number of amides is 1. The molecule has 2 aromatic carbocycles. The number of nitrogens with zero attached hydrogens (tertiary/aromatic N) is 2. The van der Waals surface area contributed by atoms with Gasteiger partial charge >= 0.3 is 0 Å². The number of carbonyl (C=O) groups excluding carboxylic acids is 1. The molecule has 4 rings (SSSR count). The summed E-state index contributed by atoms with van der Waals surface area (Å²) in [5, 5.41) is 0.472. The van der Waals surface area contributed by atoms with Gasteiger partial charge in [0.05, 0.1) is 28.5 Å². The molecule has 1 fully saturated rings. The SMILES string of the molecule is COc1ccc(Cl)c(S(=O)(=O)NC(=O)c2ncn(-c3ccccc3Cl)c2C2CC2)c1. The molecular weight excluding hydrogens is 449 g/mol. The van der Waals surface area contributed by atoms with Crippen molar-refractivity contribution >= 4 is 39.1 Å². The van der Waals surface area contributed by atoms with Crippen molar-refractivity contribution in [3.05, 3.63) is 70.2 Å². The van der Waals surface area contributed by atoms with Crippen LogP contribution in [0.15, 0.2) is 53.7 Å². The molecule has 1 aliphatic carbocycles. The second-order valence-corrected chi connectivity index (χ2v) is 9.27. The molecule has 0 unspecified atom stereocenters. The number of aromatic nitrogens is 2. The summed E-state index contributed by atoms with van der Waals surface area (Å²) in [5.41, 5.74) is 1.35. The minimum absolute atomic E-state index is 0.0277. The molecule has 0 radical (unpaired) electrons. The van der Waals surface area contributed by atoms with E-state index in [-0.39, 0.29) is 21.5 Å². The van der Waals surface area contributed by atoms with Crippen LogP contribution in [0, 0.1) is 0 Å². The number of hydrogen-bond acceptors (Lipinski definition) is 5. The first-order chi connectivity index (χ1) is 14.3. The zero-order valence-electron chi connectivity index (χ0n) is 15.8. The van der Waals surface area contributed by atoms with Crippen LogP contribution in [0.3, 0.4) is 0 Å². The highest BCUT2D eigenvalue weighted by Crippen LogP contribution is 2.43. The van der Waals surface area contributed by atoms with Crippen LogP contribution in [0.1, 0.15) is 34.9 Å². The fourth-order valence-corrected chi connectivity index (χ4v) is 4.86. The Hall–Kier alpha value is -2.55. The fourth-order valence-electron chi connectivity index (χ4n) is 3.16. The smallest absolute Gasteiger partial charge is 0.285 e. The van der Waals surface area contributed by atoms with Gasteiger partial charge in [0.25, 0.3) is 15.9 Å². The van der Waals surface area contributed by atoms with Gasteiger partial charge in [0, 0.05) is 12.0 Å². The van der Waals surface area contributed by atoms with E-state index in [4.69, 9.17) is 27.9 Å². The number of sulfonamides is 1. The predicted molar refractivity (Wildman–Crippen MR) is 113 cm³/mol. The zero-order valence-corrected chi connectivity index (χ0v) is 18.1. The summed E-state index contributed by atoms with van der Waals surface area (Å²) in [6.45, 7) is 0. The van der Waals surface area contributed by atoms with E-state index in [0.717, 1.165) is 12.8 Å². The number of carbonyl (C=O) groups is 1. The van der Waals surface area contributed by atoms with E-state index in [9.17, 15) is 13.2 Å². The number of ether oxygens (including phenoxy) is 1. The third-order valence-electron chi connectivity index (χ3n) is 4.75. The Morgan fingerprint density at radius 1 is 1.17 bits per heavy atom. The van der Waals surface area contributed by atoms with E-state index in [0.29, 0.717) is 22.2 Å². The quantitative estimate of drug-likeness (QED) is 0.589. The van der Waals surface area contributed by atoms with Gasteiger partial charge in [0.15, 0.2) is 5.69 Å². The standard InChI is InChI=1S/C20H17Cl2N3O4S/c1-29-13-8-9-15(22)17(10-13)30(27,28)24-20(26)18-19(12-6-7-12)25(11-23-18)16-5-3-2-4-14(16)21/h2-5,8-12H,6-7H2,1H3,(H,24,26). The van der Waals surface area contributed by atoms with Crippen molar-refractivity contribution < 1.29 is 17.9 Å². The van der Waals surface area contributed by atoms with Crippen LogP contribution >= 0.6 is 23.2 Å². The maximum absolute atomic E-state index is 12.9. The van der Waals surface area contributed by atoms with Gasteiger partial charge < -0.3 is 9.30 Å². The summed E-state index contributed by atoms with van der Waals surface area (Å²) in [6.07, 6.45) is 3.24. The van der Waals surface area contributed by atoms with Gasteiger partial charge in [-0.3, -0.25) is 4.79 Å². The molecule has 1 aromatic heterocycles. The summed E-state index contributed by atoms with van der Waals surface area (Å²) in [5.74, 6) is -0.428. The first kappa shape index (κ1) is 20.7. The van der Waals surface area contributed by atoms with Crippen molar-refractivity contribution in [2.45, 2.75) is 23.7 Å². The highest BCUT2D eigenvalue weighted by Gasteiger charge is 2.35. The van der Waals surface area contributed by atoms with Gasteiger partial charge in [-0.25, -0.2) is 18.1 Å². The molecule has 0 atom stereocenters. The van der Waals surface area contributed by atoms with E-state index in [1.54, 1.807) is 16.7 Å². The minimum atomic E-state index is -4.24. The molecule has 0 bridgehead atoms. The van der Waals surface area contributed by atoms with Crippen LogP contribution in [-0.2, 0) is 10.0 Å². The molecular formula is C20H17Cl2N3O4S. The second kappa shape index (κ2) is 7.94. The monoisotopic (exact) mass is 465 g/mol. The van der Waals surface area contributed by atoms with Gasteiger partial charge in [-0.2, -0.15) is 0 Å².